The van der Waals surface area contributed by atoms with E-state index in [2.05, 4.69) is 45.7 Å². The topological polar surface area (TPSA) is 51.0 Å². The van der Waals surface area contributed by atoms with Crippen LogP contribution in [0, 0.1) is 6.92 Å². The molecule has 0 aliphatic carbocycles. The van der Waals surface area contributed by atoms with E-state index in [4.69, 9.17) is 0 Å². The lowest BCUT2D eigenvalue weighted by Crippen LogP contribution is -2.38. The van der Waals surface area contributed by atoms with Crippen molar-refractivity contribution in [2.75, 3.05) is 6.54 Å². The van der Waals surface area contributed by atoms with Gasteiger partial charge in [0.1, 0.15) is 5.82 Å². The number of fused-ring (bicyclic) bond motifs is 1. The first-order valence-corrected chi connectivity index (χ1v) is 8.03. The van der Waals surface area contributed by atoms with Crippen LogP contribution in [0.2, 0.25) is 0 Å². The van der Waals surface area contributed by atoms with Crippen molar-refractivity contribution >= 4 is 5.91 Å². The van der Waals surface area contributed by atoms with Crippen molar-refractivity contribution in [3.05, 3.63) is 71.9 Å². The largest absolute Gasteiger partial charge is 0.329 e. The number of pyridine rings is 1. The smallest absolute Gasteiger partial charge is 0.254 e. The van der Waals surface area contributed by atoms with E-state index in [0.29, 0.717) is 18.7 Å². The molecule has 0 saturated heterocycles. The fourth-order valence-corrected chi connectivity index (χ4v) is 3.15. The van der Waals surface area contributed by atoms with E-state index in [1.807, 2.05) is 11.1 Å². The summed E-state index contributed by atoms with van der Waals surface area (Å²) in [6.07, 6.45) is 5.20. The van der Waals surface area contributed by atoms with Gasteiger partial charge < -0.3 is 9.47 Å². The zero-order valence-corrected chi connectivity index (χ0v) is 13.5. The standard InChI is InChI=1S/C19H18N4O/c1-14-3-2-4-16(11-14)17-12-21-18-13-22(9-10-23(17)18)19(24)15-5-7-20-8-6-15/h2-8,11-12H,9-10,13H2,1H3. The Bertz CT molecular complexity index is 885. The summed E-state index contributed by atoms with van der Waals surface area (Å²) < 4.78 is 2.21. The fraction of sp³-hybridized carbons (Fsp3) is 0.211. The lowest BCUT2D eigenvalue weighted by molar-refractivity contribution is 0.0708. The Morgan fingerprint density at radius 3 is 2.75 bits per heavy atom. The van der Waals surface area contributed by atoms with Crippen molar-refractivity contribution < 1.29 is 4.79 Å². The van der Waals surface area contributed by atoms with Gasteiger partial charge in [-0.1, -0.05) is 23.8 Å². The number of imidazole rings is 1. The van der Waals surface area contributed by atoms with Crippen molar-refractivity contribution in [1.29, 1.82) is 0 Å². The lowest BCUT2D eigenvalue weighted by atomic mass is 10.1. The fourth-order valence-electron chi connectivity index (χ4n) is 3.15. The van der Waals surface area contributed by atoms with Gasteiger partial charge in [0, 0.05) is 36.6 Å². The predicted molar refractivity (Wildman–Crippen MR) is 91.4 cm³/mol. The molecule has 0 saturated carbocycles. The van der Waals surface area contributed by atoms with E-state index in [1.54, 1.807) is 24.5 Å². The van der Waals surface area contributed by atoms with Gasteiger partial charge in [0.05, 0.1) is 18.4 Å². The summed E-state index contributed by atoms with van der Waals surface area (Å²) in [6, 6.07) is 11.9. The molecule has 0 N–H and O–H groups in total. The zero-order valence-electron chi connectivity index (χ0n) is 13.5. The third-order valence-corrected chi connectivity index (χ3v) is 4.39. The highest BCUT2D eigenvalue weighted by Gasteiger charge is 2.24. The van der Waals surface area contributed by atoms with Crippen molar-refractivity contribution in [3.63, 3.8) is 0 Å². The molecule has 0 bridgehead atoms. The maximum absolute atomic E-state index is 12.6. The van der Waals surface area contributed by atoms with Crippen LogP contribution in [-0.4, -0.2) is 31.9 Å². The molecule has 4 rings (SSSR count). The summed E-state index contributed by atoms with van der Waals surface area (Å²) >= 11 is 0. The van der Waals surface area contributed by atoms with Crippen molar-refractivity contribution in [2.24, 2.45) is 0 Å². The van der Waals surface area contributed by atoms with Crippen LogP contribution in [-0.2, 0) is 13.1 Å². The summed E-state index contributed by atoms with van der Waals surface area (Å²) in [5, 5.41) is 0. The maximum atomic E-state index is 12.6. The minimum atomic E-state index is 0.0313. The Hall–Kier alpha value is -2.95. The predicted octanol–water partition coefficient (Wildman–Crippen LogP) is 2.91. The van der Waals surface area contributed by atoms with E-state index in [9.17, 15) is 4.79 Å². The summed E-state index contributed by atoms with van der Waals surface area (Å²) in [7, 11) is 0. The SMILES string of the molecule is Cc1cccc(-c2cnc3n2CCN(C(=O)c2ccncc2)C3)c1. The van der Waals surface area contributed by atoms with Crippen LogP contribution in [0.15, 0.2) is 55.0 Å². The molecule has 3 heterocycles. The second-order valence-corrected chi connectivity index (χ2v) is 6.04. The van der Waals surface area contributed by atoms with Crippen LogP contribution in [0.3, 0.4) is 0 Å². The van der Waals surface area contributed by atoms with Crippen LogP contribution >= 0.6 is 0 Å². The minimum absolute atomic E-state index is 0.0313. The number of nitrogens with zero attached hydrogens (tertiary/aromatic N) is 4. The summed E-state index contributed by atoms with van der Waals surface area (Å²) in [5.41, 5.74) is 4.18. The molecule has 0 spiro atoms. The molecule has 1 aromatic carbocycles. The number of benzene rings is 1. The molecular formula is C19H18N4O. The molecule has 0 unspecified atom stereocenters. The Kier molecular flexibility index (Phi) is 3.61. The van der Waals surface area contributed by atoms with Crippen LogP contribution in [0.4, 0.5) is 0 Å². The summed E-state index contributed by atoms with van der Waals surface area (Å²) in [6.45, 7) is 4.07. The van der Waals surface area contributed by atoms with Crippen LogP contribution in [0.25, 0.3) is 11.3 Å². The summed E-state index contributed by atoms with van der Waals surface area (Å²) in [4.78, 5) is 22.9. The van der Waals surface area contributed by atoms with Gasteiger partial charge in [0.25, 0.3) is 5.91 Å². The molecule has 2 aromatic heterocycles. The number of amides is 1. The number of carbonyl (C=O) groups excluding carboxylic acids is 1. The van der Waals surface area contributed by atoms with Gasteiger partial charge in [-0.25, -0.2) is 4.98 Å². The molecule has 24 heavy (non-hydrogen) atoms. The third kappa shape index (κ3) is 2.58. The first kappa shape index (κ1) is 14.6. The van der Waals surface area contributed by atoms with Gasteiger partial charge in [-0.15, -0.1) is 0 Å². The average molecular weight is 318 g/mol. The number of aryl methyl sites for hydroxylation is 1. The van der Waals surface area contributed by atoms with Crippen LogP contribution in [0.1, 0.15) is 21.7 Å². The van der Waals surface area contributed by atoms with Crippen molar-refractivity contribution in [1.82, 2.24) is 19.4 Å². The van der Waals surface area contributed by atoms with Crippen LogP contribution < -0.4 is 0 Å². The van der Waals surface area contributed by atoms with Gasteiger partial charge in [0.15, 0.2) is 0 Å². The molecule has 5 nitrogen and oxygen atoms in total. The van der Waals surface area contributed by atoms with E-state index < -0.39 is 0 Å². The molecule has 120 valence electrons. The average Bonchev–Trinajstić information content (AvgIpc) is 3.05. The highest BCUT2D eigenvalue weighted by molar-refractivity contribution is 5.94. The van der Waals surface area contributed by atoms with Gasteiger partial charge in [-0.05, 0) is 25.1 Å². The number of hydrogen-bond acceptors (Lipinski definition) is 3. The number of aromatic nitrogens is 3. The van der Waals surface area contributed by atoms with Crippen molar-refractivity contribution in [3.8, 4) is 11.3 Å². The number of carbonyl (C=O) groups is 1. The van der Waals surface area contributed by atoms with E-state index in [0.717, 1.165) is 18.1 Å². The molecule has 3 aromatic rings. The Balaban J connectivity index is 1.60. The van der Waals surface area contributed by atoms with Crippen LogP contribution in [0.5, 0.6) is 0 Å². The monoisotopic (exact) mass is 318 g/mol. The quantitative estimate of drug-likeness (QED) is 0.730. The summed E-state index contributed by atoms with van der Waals surface area (Å²) in [5.74, 6) is 0.962. The van der Waals surface area contributed by atoms with E-state index >= 15 is 0 Å². The number of hydrogen-bond donors (Lipinski definition) is 0. The molecule has 0 fully saturated rings. The third-order valence-electron chi connectivity index (χ3n) is 4.39. The normalized spacial score (nSPS) is 13.6. The van der Waals surface area contributed by atoms with Crippen molar-refractivity contribution in [2.45, 2.75) is 20.0 Å². The molecule has 5 heteroatoms. The second-order valence-electron chi connectivity index (χ2n) is 6.04. The molecule has 1 aliphatic rings. The Morgan fingerprint density at radius 1 is 1.12 bits per heavy atom. The van der Waals surface area contributed by atoms with Gasteiger partial charge in [-0.2, -0.15) is 0 Å². The Morgan fingerprint density at radius 2 is 1.96 bits per heavy atom. The first-order chi connectivity index (χ1) is 11.7. The van der Waals surface area contributed by atoms with Gasteiger partial charge >= 0.3 is 0 Å². The maximum Gasteiger partial charge on any atom is 0.254 e. The highest BCUT2D eigenvalue weighted by atomic mass is 16.2. The molecule has 1 amide bonds. The second kappa shape index (κ2) is 5.92. The first-order valence-electron chi connectivity index (χ1n) is 8.03. The van der Waals surface area contributed by atoms with Gasteiger partial charge in [-0.3, -0.25) is 9.78 Å². The van der Waals surface area contributed by atoms with E-state index in [1.165, 1.54) is 11.1 Å². The highest BCUT2D eigenvalue weighted by Crippen LogP contribution is 2.25. The molecule has 0 radical (unpaired) electrons. The molecule has 0 atom stereocenters. The zero-order chi connectivity index (χ0) is 16.5. The molecule has 1 aliphatic heterocycles. The van der Waals surface area contributed by atoms with E-state index in [-0.39, 0.29) is 5.91 Å². The lowest BCUT2D eigenvalue weighted by Gasteiger charge is -2.28. The number of rotatable bonds is 2. The minimum Gasteiger partial charge on any atom is -0.329 e. The Labute approximate surface area is 140 Å². The van der Waals surface area contributed by atoms with Gasteiger partial charge in [0.2, 0.25) is 0 Å². The molecular weight excluding hydrogens is 300 g/mol.